The Kier molecular flexibility index (Phi) is 4.63. The fourth-order valence-electron chi connectivity index (χ4n) is 2.67. The van der Waals surface area contributed by atoms with Crippen molar-refractivity contribution in [1.82, 2.24) is 9.88 Å². The molecule has 3 rings (SSSR count). The highest BCUT2D eigenvalue weighted by Gasteiger charge is 2.20. The van der Waals surface area contributed by atoms with Gasteiger partial charge < -0.3 is 15.1 Å². The summed E-state index contributed by atoms with van der Waals surface area (Å²) in [4.78, 5) is 9.22. The minimum atomic E-state index is 0.687. The number of fused-ring (bicyclic) bond motifs is 1. The molecular formula is C15H21ClN4O. The number of hydrogen-bond acceptors (Lipinski definition) is 5. The first-order valence-electron chi connectivity index (χ1n) is 7.50. The van der Waals surface area contributed by atoms with Gasteiger partial charge >= 0.3 is 0 Å². The SMILES string of the molecule is NCCCCN1CCN(c2nc3cc(Cl)ccc3o2)CC1. The van der Waals surface area contributed by atoms with Crippen molar-refractivity contribution in [3.05, 3.63) is 23.2 Å². The van der Waals surface area contributed by atoms with Crippen LogP contribution in [0, 0.1) is 0 Å². The molecule has 0 saturated carbocycles. The first-order valence-corrected chi connectivity index (χ1v) is 7.87. The van der Waals surface area contributed by atoms with Crippen molar-refractivity contribution in [1.29, 1.82) is 0 Å². The van der Waals surface area contributed by atoms with E-state index < -0.39 is 0 Å². The molecule has 0 atom stereocenters. The van der Waals surface area contributed by atoms with Crippen LogP contribution in [0.25, 0.3) is 11.1 Å². The summed E-state index contributed by atoms with van der Waals surface area (Å²) in [7, 11) is 0. The highest BCUT2D eigenvalue weighted by Crippen LogP contribution is 2.25. The molecule has 2 aromatic rings. The number of nitrogens with two attached hydrogens (primary N) is 1. The maximum absolute atomic E-state index is 5.98. The quantitative estimate of drug-likeness (QED) is 0.859. The number of aromatic nitrogens is 1. The molecule has 0 aliphatic carbocycles. The average molecular weight is 309 g/mol. The second kappa shape index (κ2) is 6.64. The molecule has 1 aliphatic rings. The maximum atomic E-state index is 5.98. The first-order chi connectivity index (χ1) is 10.3. The fraction of sp³-hybridized carbons (Fsp3) is 0.533. The second-order valence-corrected chi connectivity index (χ2v) is 5.87. The van der Waals surface area contributed by atoms with Gasteiger partial charge in [0.25, 0.3) is 6.01 Å². The van der Waals surface area contributed by atoms with Crippen LogP contribution in [-0.2, 0) is 0 Å². The molecule has 2 N–H and O–H groups in total. The van der Waals surface area contributed by atoms with Crippen LogP contribution in [0.4, 0.5) is 6.01 Å². The van der Waals surface area contributed by atoms with Crippen LogP contribution < -0.4 is 10.6 Å². The van der Waals surface area contributed by atoms with E-state index in [4.69, 9.17) is 21.8 Å². The monoisotopic (exact) mass is 308 g/mol. The number of benzene rings is 1. The van der Waals surface area contributed by atoms with Crippen LogP contribution in [0.15, 0.2) is 22.6 Å². The molecule has 1 aromatic carbocycles. The highest BCUT2D eigenvalue weighted by molar-refractivity contribution is 6.31. The predicted molar refractivity (Wildman–Crippen MR) is 86.0 cm³/mol. The molecule has 0 spiro atoms. The first kappa shape index (κ1) is 14.6. The summed E-state index contributed by atoms with van der Waals surface area (Å²) in [6.45, 7) is 5.90. The van der Waals surface area contributed by atoms with Crippen molar-refractivity contribution in [3.63, 3.8) is 0 Å². The van der Waals surface area contributed by atoms with Gasteiger partial charge in [-0.25, -0.2) is 0 Å². The van der Waals surface area contributed by atoms with E-state index >= 15 is 0 Å². The molecule has 5 nitrogen and oxygen atoms in total. The smallest absolute Gasteiger partial charge is 0.298 e. The van der Waals surface area contributed by atoms with Crippen LogP contribution in [0.2, 0.25) is 5.02 Å². The number of rotatable bonds is 5. The molecule has 6 heteroatoms. The number of unbranched alkanes of at least 4 members (excludes halogenated alkanes) is 1. The third kappa shape index (κ3) is 3.48. The van der Waals surface area contributed by atoms with E-state index in [0.717, 1.165) is 56.8 Å². The predicted octanol–water partition coefficient (Wildman–Crippen LogP) is 2.34. The molecule has 0 radical (unpaired) electrons. The summed E-state index contributed by atoms with van der Waals surface area (Å²) in [6, 6.07) is 6.24. The summed E-state index contributed by atoms with van der Waals surface area (Å²) < 4.78 is 5.82. The Balaban J connectivity index is 1.60. The number of hydrogen-bond donors (Lipinski definition) is 1. The molecular weight excluding hydrogens is 288 g/mol. The second-order valence-electron chi connectivity index (χ2n) is 5.43. The average Bonchev–Trinajstić information content (AvgIpc) is 2.91. The number of oxazole rings is 1. The Morgan fingerprint density at radius 3 is 2.76 bits per heavy atom. The van der Waals surface area contributed by atoms with E-state index in [2.05, 4.69) is 14.8 Å². The summed E-state index contributed by atoms with van der Waals surface area (Å²) in [5, 5.41) is 0.687. The van der Waals surface area contributed by atoms with E-state index in [-0.39, 0.29) is 0 Å². The Labute approximate surface area is 129 Å². The van der Waals surface area contributed by atoms with Gasteiger partial charge in [-0.15, -0.1) is 0 Å². The lowest BCUT2D eigenvalue weighted by Crippen LogP contribution is -2.46. The van der Waals surface area contributed by atoms with Gasteiger partial charge in [0.1, 0.15) is 5.52 Å². The van der Waals surface area contributed by atoms with Gasteiger partial charge in [0.15, 0.2) is 5.58 Å². The van der Waals surface area contributed by atoms with Gasteiger partial charge in [-0.3, -0.25) is 4.90 Å². The zero-order valence-corrected chi connectivity index (χ0v) is 12.9. The van der Waals surface area contributed by atoms with Crippen LogP contribution in [-0.4, -0.2) is 49.2 Å². The lowest BCUT2D eigenvalue weighted by atomic mass is 10.2. The Morgan fingerprint density at radius 1 is 1.19 bits per heavy atom. The van der Waals surface area contributed by atoms with Crippen molar-refractivity contribution in [2.75, 3.05) is 44.2 Å². The minimum absolute atomic E-state index is 0.687. The molecule has 0 amide bonds. The molecule has 0 unspecified atom stereocenters. The standard InChI is InChI=1S/C15H21ClN4O/c16-12-3-4-14-13(11-12)18-15(21-14)20-9-7-19(8-10-20)6-2-1-5-17/h3-4,11H,1-2,5-10,17H2. The van der Waals surface area contributed by atoms with Crippen LogP contribution in [0.1, 0.15) is 12.8 Å². The lowest BCUT2D eigenvalue weighted by Gasteiger charge is -2.33. The molecule has 2 heterocycles. The van der Waals surface area contributed by atoms with Crippen LogP contribution in [0.3, 0.4) is 0 Å². The van der Waals surface area contributed by atoms with Crippen molar-refractivity contribution in [2.24, 2.45) is 5.73 Å². The Hall–Kier alpha value is -1.30. The summed E-state index contributed by atoms with van der Waals surface area (Å²) >= 11 is 5.98. The molecule has 1 aliphatic heterocycles. The van der Waals surface area contributed by atoms with Crippen molar-refractivity contribution in [3.8, 4) is 0 Å². The topological polar surface area (TPSA) is 58.5 Å². The lowest BCUT2D eigenvalue weighted by molar-refractivity contribution is 0.249. The summed E-state index contributed by atoms with van der Waals surface area (Å²) in [6.07, 6.45) is 2.28. The molecule has 114 valence electrons. The third-order valence-corrected chi connectivity index (χ3v) is 4.14. The maximum Gasteiger partial charge on any atom is 0.298 e. The van der Waals surface area contributed by atoms with Crippen molar-refractivity contribution < 1.29 is 4.42 Å². The number of nitrogens with zero attached hydrogens (tertiary/aromatic N) is 3. The van der Waals surface area contributed by atoms with Crippen molar-refractivity contribution >= 4 is 28.7 Å². The van der Waals surface area contributed by atoms with Gasteiger partial charge in [-0.2, -0.15) is 4.98 Å². The number of halogens is 1. The van der Waals surface area contributed by atoms with Gasteiger partial charge in [-0.1, -0.05) is 11.6 Å². The number of anilines is 1. The fourth-order valence-corrected chi connectivity index (χ4v) is 2.83. The van der Waals surface area contributed by atoms with E-state index in [1.165, 1.54) is 6.42 Å². The Morgan fingerprint density at radius 2 is 2.00 bits per heavy atom. The van der Waals surface area contributed by atoms with Crippen LogP contribution >= 0.6 is 11.6 Å². The third-order valence-electron chi connectivity index (χ3n) is 3.91. The largest absolute Gasteiger partial charge is 0.423 e. The molecule has 0 bridgehead atoms. The number of piperazine rings is 1. The van der Waals surface area contributed by atoms with Gasteiger partial charge in [0.05, 0.1) is 0 Å². The summed E-state index contributed by atoms with van der Waals surface area (Å²) in [5.74, 6) is 0. The molecule has 1 fully saturated rings. The van der Waals surface area contributed by atoms with Gasteiger partial charge in [0.2, 0.25) is 0 Å². The van der Waals surface area contributed by atoms with Gasteiger partial charge in [0, 0.05) is 31.2 Å². The van der Waals surface area contributed by atoms with E-state index in [0.29, 0.717) is 11.0 Å². The highest BCUT2D eigenvalue weighted by atomic mass is 35.5. The van der Waals surface area contributed by atoms with Crippen LogP contribution in [0.5, 0.6) is 0 Å². The van der Waals surface area contributed by atoms with Crippen molar-refractivity contribution in [2.45, 2.75) is 12.8 Å². The zero-order valence-electron chi connectivity index (χ0n) is 12.1. The van der Waals surface area contributed by atoms with E-state index in [1.807, 2.05) is 18.2 Å². The van der Waals surface area contributed by atoms with E-state index in [1.54, 1.807) is 0 Å². The molecule has 21 heavy (non-hydrogen) atoms. The van der Waals surface area contributed by atoms with Gasteiger partial charge in [-0.05, 0) is 44.1 Å². The van der Waals surface area contributed by atoms with E-state index in [9.17, 15) is 0 Å². The summed E-state index contributed by atoms with van der Waals surface area (Å²) in [5.41, 5.74) is 7.15. The Bertz CT molecular complexity index is 592. The zero-order chi connectivity index (χ0) is 14.7. The minimum Gasteiger partial charge on any atom is -0.423 e. The molecule has 1 aromatic heterocycles. The normalized spacial score (nSPS) is 16.8. The molecule has 1 saturated heterocycles.